The van der Waals surface area contributed by atoms with E-state index >= 15 is 0 Å². The number of anilines is 1. The zero-order valence-electron chi connectivity index (χ0n) is 10.4. The maximum absolute atomic E-state index is 5.50. The number of nitrogens with two attached hydrogens (primary N) is 1. The summed E-state index contributed by atoms with van der Waals surface area (Å²) < 4.78 is 0. The summed E-state index contributed by atoms with van der Waals surface area (Å²) >= 11 is 0. The molecule has 2 rings (SSSR count). The summed E-state index contributed by atoms with van der Waals surface area (Å²) in [5.74, 6) is 0.618. The molecule has 0 amide bonds. The lowest BCUT2D eigenvalue weighted by Crippen LogP contribution is -2.13. The van der Waals surface area contributed by atoms with Gasteiger partial charge in [-0.15, -0.1) is 0 Å². The summed E-state index contributed by atoms with van der Waals surface area (Å²) in [6.07, 6.45) is 11.1. The Kier molecular flexibility index (Phi) is 4.74. The van der Waals surface area contributed by atoms with Crippen LogP contribution in [-0.4, -0.2) is 23.1 Å². The zero-order valence-corrected chi connectivity index (χ0v) is 10.4. The van der Waals surface area contributed by atoms with Gasteiger partial charge in [-0.2, -0.15) is 0 Å². The van der Waals surface area contributed by atoms with Crippen LogP contribution in [0.25, 0.3) is 0 Å². The van der Waals surface area contributed by atoms with E-state index in [1.807, 2.05) is 6.20 Å². The highest BCUT2D eigenvalue weighted by Crippen LogP contribution is 2.34. The summed E-state index contributed by atoms with van der Waals surface area (Å²) in [7, 11) is 0. The third-order valence-corrected chi connectivity index (χ3v) is 3.43. The van der Waals surface area contributed by atoms with Gasteiger partial charge in [0.2, 0.25) is 0 Å². The SMILES string of the molecule is NCCCNc1cncnc1C1CCCCC1. The van der Waals surface area contributed by atoms with Crippen molar-refractivity contribution in [3.05, 3.63) is 18.2 Å². The minimum atomic E-state index is 0.618. The van der Waals surface area contributed by atoms with Crippen LogP contribution in [-0.2, 0) is 0 Å². The molecule has 0 atom stereocenters. The van der Waals surface area contributed by atoms with E-state index in [4.69, 9.17) is 5.73 Å². The van der Waals surface area contributed by atoms with Gasteiger partial charge in [-0.1, -0.05) is 19.3 Å². The van der Waals surface area contributed by atoms with Crippen molar-refractivity contribution >= 4 is 5.69 Å². The summed E-state index contributed by atoms with van der Waals surface area (Å²) in [6.45, 7) is 1.63. The molecule has 1 aliphatic carbocycles. The van der Waals surface area contributed by atoms with E-state index in [1.165, 1.54) is 37.8 Å². The maximum Gasteiger partial charge on any atom is 0.115 e. The minimum absolute atomic E-state index is 0.618. The fourth-order valence-electron chi connectivity index (χ4n) is 2.50. The van der Waals surface area contributed by atoms with Crippen LogP contribution in [0.3, 0.4) is 0 Å². The second-order valence-electron chi connectivity index (χ2n) is 4.73. The molecule has 1 saturated carbocycles. The molecule has 94 valence electrons. The molecule has 0 spiro atoms. The Hall–Kier alpha value is -1.16. The molecule has 0 aliphatic heterocycles. The van der Waals surface area contributed by atoms with Crippen LogP contribution in [0.15, 0.2) is 12.5 Å². The van der Waals surface area contributed by atoms with E-state index < -0.39 is 0 Å². The van der Waals surface area contributed by atoms with Gasteiger partial charge in [0.1, 0.15) is 6.33 Å². The third-order valence-electron chi connectivity index (χ3n) is 3.43. The van der Waals surface area contributed by atoms with Gasteiger partial charge in [-0.25, -0.2) is 9.97 Å². The molecule has 0 unspecified atom stereocenters. The third kappa shape index (κ3) is 3.40. The van der Waals surface area contributed by atoms with Crippen molar-refractivity contribution in [1.29, 1.82) is 0 Å². The van der Waals surface area contributed by atoms with Crippen LogP contribution in [0, 0.1) is 0 Å². The molecule has 1 aromatic heterocycles. The van der Waals surface area contributed by atoms with Crippen LogP contribution in [0.2, 0.25) is 0 Å². The predicted molar refractivity (Wildman–Crippen MR) is 70.0 cm³/mol. The van der Waals surface area contributed by atoms with Gasteiger partial charge in [-0.05, 0) is 25.8 Å². The largest absolute Gasteiger partial charge is 0.382 e. The first-order valence-corrected chi connectivity index (χ1v) is 6.65. The molecule has 0 aromatic carbocycles. The van der Waals surface area contributed by atoms with Gasteiger partial charge in [0, 0.05) is 12.5 Å². The number of hydrogen-bond acceptors (Lipinski definition) is 4. The second-order valence-corrected chi connectivity index (χ2v) is 4.73. The molecule has 0 saturated heterocycles. The van der Waals surface area contributed by atoms with Gasteiger partial charge >= 0.3 is 0 Å². The Labute approximate surface area is 103 Å². The van der Waals surface area contributed by atoms with E-state index in [0.29, 0.717) is 5.92 Å². The summed E-state index contributed by atoms with van der Waals surface area (Å²) in [6, 6.07) is 0. The molecule has 4 heteroatoms. The molecule has 3 N–H and O–H groups in total. The molecular weight excluding hydrogens is 212 g/mol. The molecule has 4 nitrogen and oxygen atoms in total. The number of hydrogen-bond donors (Lipinski definition) is 2. The van der Waals surface area contributed by atoms with Crippen molar-refractivity contribution in [3.63, 3.8) is 0 Å². The molecular formula is C13H22N4. The van der Waals surface area contributed by atoms with E-state index in [2.05, 4.69) is 15.3 Å². The molecule has 1 aromatic rings. The predicted octanol–water partition coefficient (Wildman–Crippen LogP) is 2.29. The lowest BCUT2D eigenvalue weighted by atomic mass is 9.86. The number of aromatic nitrogens is 2. The average molecular weight is 234 g/mol. The van der Waals surface area contributed by atoms with Crippen molar-refractivity contribution in [2.75, 3.05) is 18.4 Å². The fourth-order valence-corrected chi connectivity index (χ4v) is 2.50. The van der Waals surface area contributed by atoms with Crippen molar-refractivity contribution in [2.45, 2.75) is 44.4 Å². The lowest BCUT2D eigenvalue weighted by Gasteiger charge is -2.23. The molecule has 1 fully saturated rings. The Morgan fingerprint density at radius 1 is 1.29 bits per heavy atom. The van der Waals surface area contributed by atoms with Crippen molar-refractivity contribution < 1.29 is 0 Å². The van der Waals surface area contributed by atoms with Crippen LogP contribution < -0.4 is 11.1 Å². The van der Waals surface area contributed by atoms with E-state index in [-0.39, 0.29) is 0 Å². The van der Waals surface area contributed by atoms with Gasteiger partial charge in [0.05, 0.1) is 17.6 Å². The van der Waals surface area contributed by atoms with Gasteiger partial charge < -0.3 is 11.1 Å². The highest BCUT2D eigenvalue weighted by atomic mass is 14.9. The normalized spacial score (nSPS) is 17.0. The first-order valence-electron chi connectivity index (χ1n) is 6.65. The Balaban J connectivity index is 2.03. The molecule has 1 aliphatic rings. The first kappa shape index (κ1) is 12.3. The summed E-state index contributed by atoms with van der Waals surface area (Å²) in [4.78, 5) is 8.59. The summed E-state index contributed by atoms with van der Waals surface area (Å²) in [5.41, 5.74) is 7.81. The van der Waals surface area contributed by atoms with Crippen LogP contribution in [0.1, 0.15) is 50.1 Å². The Bertz CT molecular complexity index is 334. The standard InChI is InChI=1S/C13H22N4/c14-7-4-8-16-12-9-15-10-17-13(12)11-5-2-1-3-6-11/h9-11,16H,1-8,14H2. The number of rotatable bonds is 5. The highest BCUT2D eigenvalue weighted by molar-refractivity contribution is 5.47. The first-order chi connectivity index (χ1) is 8.42. The molecule has 1 heterocycles. The fraction of sp³-hybridized carbons (Fsp3) is 0.692. The monoisotopic (exact) mass is 234 g/mol. The number of nitrogens with zero attached hydrogens (tertiary/aromatic N) is 2. The van der Waals surface area contributed by atoms with E-state index in [0.717, 1.165) is 25.2 Å². The van der Waals surface area contributed by atoms with Crippen LogP contribution >= 0.6 is 0 Å². The van der Waals surface area contributed by atoms with E-state index in [9.17, 15) is 0 Å². The van der Waals surface area contributed by atoms with Gasteiger partial charge in [0.15, 0.2) is 0 Å². The highest BCUT2D eigenvalue weighted by Gasteiger charge is 2.19. The number of nitrogens with one attached hydrogen (secondary N) is 1. The molecule has 0 bridgehead atoms. The summed E-state index contributed by atoms with van der Waals surface area (Å²) in [5, 5.41) is 3.41. The quantitative estimate of drug-likeness (QED) is 0.767. The Morgan fingerprint density at radius 3 is 2.88 bits per heavy atom. The second kappa shape index (κ2) is 6.55. The average Bonchev–Trinajstić information content (AvgIpc) is 2.41. The van der Waals surface area contributed by atoms with Gasteiger partial charge in [-0.3, -0.25) is 0 Å². The van der Waals surface area contributed by atoms with Crippen LogP contribution in [0.4, 0.5) is 5.69 Å². The van der Waals surface area contributed by atoms with Crippen LogP contribution in [0.5, 0.6) is 0 Å². The Morgan fingerprint density at radius 2 is 2.12 bits per heavy atom. The smallest absolute Gasteiger partial charge is 0.115 e. The van der Waals surface area contributed by atoms with Crippen molar-refractivity contribution in [3.8, 4) is 0 Å². The van der Waals surface area contributed by atoms with E-state index in [1.54, 1.807) is 6.33 Å². The lowest BCUT2D eigenvalue weighted by molar-refractivity contribution is 0.437. The van der Waals surface area contributed by atoms with Crippen molar-refractivity contribution in [2.24, 2.45) is 5.73 Å². The van der Waals surface area contributed by atoms with Gasteiger partial charge in [0.25, 0.3) is 0 Å². The maximum atomic E-state index is 5.50. The minimum Gasteiger partial charge on any atom is -0.382 e. The molecule has 17 heavy (non-hydrogen) atoms. The van der Waals surface area contributed by atoms with Crippen molar-refractivity contribution in [1.82, 2.24) is 9.97 Å². The molecule has 0 radical (unpaired) electrons. The topological polar surface area (TPSA) is 63.8 Å². The zero-order chi connectivity index (χ0) is 11.9.